The Hall–Kier alpha value is -1.42. The number of benzene rings is 1. The van der Waals surface area contributed by atoms with Gasteiger partial charge in [0.05, 0.1) is 5.69 Å². The lowest BCUT2D eigenvalue weighted by Gasteiger charge is -1.94. The minimum atomic E-state index is -0.257. The number of hydrogen-bond acceptors (Lipinski definition) is 2. The number of nitrogens with zero attached hydrogens (tertiary/aromatic N) is 2. The highest BCUT2D eigenvalue weighted by Crippen LogP contribution is 2.19. The van der Waals surface area contributed by atoms with Gasteiger partial charge in [0.2, 0.25) is 0 Å². The number of hydrogen-bond donors (Lipinski definition) is 1. The van der Waals surface area contributed by atoms with E-state index in [9.17, 15) is 4.39 Å². The number of para-hydroxylation sites is 1. The molecule has 3 nitrogen and oxygen atoms in total. The molecule has 0 saturated heterocycles. The molecule has 0 aliphatic carbocycles. The van der Waals surface area contributed by atoms with Crippen LogP contribution in [0.2, 0.25) is 0 Å². The summed E-state index contributed by atoms with van der Waals surface area (Å²) in [5.41, 5.74) is 6.73. The first-order chi connectivity index (χ1) is 6.24. The highest BCUT2D eigenvalue weighted by Gasteiger charge is 2.09. The third-order valence-corrected chi connectivity index (χ3v) is 2.09. The van der Waals surface area contributed by atoms with Crippen LogP contribution < -0.4 is 5.73 Å². The van der Waals surface area contributed by atoms with E-state index in [4.69, 9.17) is 5.73 Å². The molecule has 0 atom stereocenters. The quantitative estimate of drug-likeness (QED) is 0.714. The first-order valence-electron chi connectivity index (χ1n) is 4.04. The van der Waals surface area contributed by atoms with Crippen molar-refractivity contribution < 1.29 is 4.39 Å². The van der Waals surface area contributed by atoms with Gasteiger partial charge in [-0.25, -0.2) is 4.39 Å². The van der Waals surface area contributed by atoms with E-state index >= 15 is 0 Å². The zero-order valence-electron chi connectivity index (χ0n) is 7.29. The zero-order chi connectivity index (χ0) is 9.42. The van der Waals surface area contributed by atoms with Gasteiger partial charge in [-0.15, -0.1) is 0 Å². The molecule has 0 aliphatic heterocycles. The Morgan fingerprint density at radius 1 is 1.54 bits per heavy atom. The molecule has 2 aromatic rings. The van der Waals surface area contributed by atoms with Gasteiger partial charge in [-0.1, -0.05) is 12.1 Å². The molecule has 13 heavy (non-hydrogen) atoms. The van der Waals surface area contributed by atoms with Gasteiger partial charge in [0.1, 0.15) is 11.3 Å². The Morgan fingerprint density at radius 3 is 3.00 bits per heavy atom. The lowest BCUT2D eigenvalue weighted by molar-refractivity contribution is 0.625. The average Bonchev–Trinajstić information content (AvgIpc) is 2.44. The summed E-state index contributed by atoms with van der Waals surface area (Å²) in [6.07, 6.45) is 0. The second-order valence-electron chi connectivity index (χ2n) is 2.91. The summed E-state index contributed by atoms with van der Waals surface area (Å²) in [4.78, 5) is 0. The van der Waals surface area contributed by atoms with Crippen LogP contribution in [-0.4, -0.2) is 9.78 Å². The summed E-state index contributed by atoms with van der Waals surface area (Å²) in [5, 5.41) is 4.92. The number of aromatic nitrogens is 2. The van der Waals surface area contributed by atoms with Crippen molar-refractivity contribution >= 4 is 10.9 Å². The second-order valence-corrected chi connectivity index (χ2v) is 2.91. The largest absolute Gasteiger partial charge is 0.325 e. The standard InChI is InChI=1S/C9H10FN3/c1-13-9-6(8(5-11)12-13)3-2-4-7(9)10/h2-4H,5,11H2,1H3. The van der Waals surface area contributed by atoms with Crippen molar-refractivity contribution in [1.29, 1.82) is 0 Å². The van der Waals surface area contributed by atoms with Gasteiger partial charge in [-0.2, -0.15) is 5.10 Å². The molecule has 1 heterocycles. The molecule has 1 aromatic carbocycles. The molecule has 0 aliphatic rings. The van der Waals surface area contributed by atoms with E-state index in [0.29, 0.717) is 12.1 Å². The van der Waals surface area contributed by atoms with Crippen LogP contribution in [0, 0.1) is 5.82 Å². The normalized spacial score (nSPS) is 11.0. The van der Waals surface area contributed by atoms with Crippen molar-refractivity contribution in [3.05, 3.63) is 29.7 Å². The fourth-order valence-corrected chi connectivity index (χ4v) is 1.51. The number of rotatable bonds is 1. The van der Waals surface area contributed by atoms with Gasteiger partial charge in [-0.05, 0) is 6.07 Å². The SMILES string of the molecule is Cn1nc(CN)c2cccc(F)c21. The number of halogens is 1. The zero-order valence-corrected chi connectivity index (χ0v) is 7.29. The van der Waals surface area contributed by atoms with Crippen molar-refractivity contribution in [2.45, 2.75) is 6.54 Å². The van der Waals surface area contributed by atoms with Gasteiger partial charge in [0, 0.05) is 19.0 Å². The molecule has 2 rings (SSSR count). The van der Waals surface area contributed by atoms with E-state index in [1.807, 2.05) is 6.07 Å². The van der Waals surface area contributed by atoms with Crippen LogP contribution in [0.25, 0.3) is 10.9 Å². The highest BCUT2D eigenvalue weighted by molar-refractivity contribution is 5.82. The molecule has 0 radical (unpaired) electrons. The molecule has 0 saturated carbocycles. The van der Waals surface area contributed by atoms with E-state index in [2.05, 4.69) is 5.10 Å². The second kappa shape index (κ2) is 2.81. The van der Waals surface area contributed by atoms with Crippen LogP contribution in [0.4, 0.5) is 4.39 Å². The molecule has 2 N–H and O–H groups in total. The summed E-state index contributed by atoms with van der Waals surface area (Å²) in [6.45, 7) is 0.334. The third kappa shape index (κ3) is 1.10. The summed E-state index contributed by atoms with van der Waals surface area (Å²) in [6, 6.07) is 4.91. The summed E-state index contributed by atoms with van der Waals surface area (Å²) in [7, 11) is 1.71. The molecule has 68 valence electrons. The topological polar surface area (TPSA) is 43.8 Å². The van der Waals surface area contributed by atoms with E-state index in [1.54, 1.807) is 13.1 Å². The molecule has 4 heteroatoms. The lowest BCUT2D eigenvalue weighted by atomic mass is 10.2. The fraction of sp³-hybridized carbons (Fsp3) is 0.222. The van der Waals surface area contributed by atoms with Crippen molar-refractivity contribution in [3.8, 4) is 0 Å². The lowest BCUT2D eigenvalue weighted by Crippen LogP contribution is -1.98. The fourth-order valence-electron chi connectivity index (χ4n) is 1.51. The van der Waals surface area contributed by atoms with Crippen LogP contribution in [0.15, 0.2) is 18.2 Å². The van der Waals surface area contributed by atoms with Crippen LogP contribution >= 0.6 is 0 Å². The molecular weight excluding hydrogens is 169 g/mol. The third-order valence-electron chi connectivity index (χ3n) is 2.09. The van der Waals surface area contributed by atoms with E-state index in [0.717, 1.165) is 11.1 Å². The van der Waals surface area contributed by atoms with Crippen LogP contribution in [-0.2, 0) is 13.6 Å². The van der Waals surface area contributed by atoms with Crippen molar-refractivity contribution in [2.75, 3.05) is 0 Å². The number of nitrogens with two attached hydrogens (primary N) is 1. The molecule has 0 fully saturated rings. The maximum Gasteiger partial charge on any atom is 0.149 e. The van der Waals surface area contributed by atoms with Gasteiger partial charge < -0.3 is 5.73 Å². The van der Waals surface area contributed by atoms with E-state index in [1.165, 1.54) is 10.7 Å². The van der Waals surface area contributed by atoms with Gasteiger partial charge in [0.25, 0.3) is 0 Å². The summed E-state index contributed by atoms with van der Waals surface area (Å²) < 4.78 is 14.8. The Bertz CT molecular complexity index is 447. The highest BCUT2D eigenvalue weighted by atomic mass is 19.1. The maximum absolute atomic E-state index is 13.3. The molecule has 0 spiro atoms. The summed E-state index contributed by atoms with van der Waals surface area (Å²) in [5.74, 6) is -0.257. The van der Waals surface area contributed by atoms with Crippen LogP contribution in [0.5, 0.6) is 0 Å². The predicted octanol–water partition coefficient (Wildman–Crippen LogP) is 1.17. The first kappa shape index (κ1) is 8.19. The number of fused-ring (bicyclic) bond motifs is 1. The smallest absolute Gasteiger partial charge is 0.149 e. The van der Waals surface area contributed by atoms with Crippen LogP contribution in [0.3, 0.4) is 0 Å². The van der Waals surface area contributed by atoms with Gasteiger partial charge in [-0.3, -0.25) is 4.68 Å². The summed E-state index contributed by atoms with van der Waals surface area (Å²) >= 11 is 0. The van der Waals surface area contributed by atoms with Crippen molar-refractivity contribution in [1.82, 2.24) is 9.78 Å². The Kier molecular flexibility index (Phi) is 1.77. The molecule has 0 bridgehead atoms. The van der Waals surface area contributed by atoms with E-state index in [-0.39, 0.29) is 5.82 Å². The Morgan fingerprint density at radius 2 is 2.31 bits per heavy atom. The minimum absolute atomic E-state index is 0.257. The van der Waals surface area contributed by atoms with Crippen molar-refractivity contribution in [3.63, 3.8) is 0 Å². The molecular formula is C9H10FN3. The molecule has 0 unspecified atom stereocenters. The van der Waals surface area contributed by atoms with E-state index < -0.39 is 0 Å². The number of aryl methyl sites for hydroxylation is 1. The Balaban J connectivity index is 2.87. The van der Waals surface area contributed by atoms with Crippen LogP contribution in [0.1, 0.15) is 5.69 Å². The maximum atomic E-state index is 13.3. The van der Waals surface area contributed by atoms with Gasteiger partial charge >= 0.3 is 0 Å². The first-order valence-corrected chi connectivity index (χ1v) is 4.04. The monoisotopic (exact) mass is 179 g/mol. The van der Waals surface area contributed by atoms with Crippen molar-refractivity contribution in [2.24, 2.45) is 12.8 Å². The average molecular weight is 179 g/mol. The predicted molar refractivity (Wildman–Crippen MR) is 48.6 cm³/mol. The Labute approximate surface area is 75.0 Å². The minimum Gasteiger partial charge on any atom is -0.325 e. The van der Waals surface area contributed by atoms with Gasteiger partial charge in [0.15, 0.2) is 0 Å². The molecule has 0 amide bonds. The molecule has 1 aromatic heterocycles.